The third-order valence-electron chi connectivity index (χ3n) is 5.45. The summed E-state index contributed by atoms with van der Waals surface area (Å²) in [6.07, 6.45) is -0.648. The van der Waals surface area contributed by atoms with Gasteiger partial charge in [0.2, 0.25) is 6.79 Å². The van der Waals surface area contributed by atoms with Gasteiger partial charge in [-0.2, -0.15) is 0 Å². The maximum atomic E-state index is 12.9. The number of nitrogens with one attached hydrogen (secondary N) is 1. The van der Waals surface area contributed by atoms with Crippen LogP contribution < -0.4 is 14.8 Å². The minimum absolute atomic E-state index is 0.00590. The van der Waals surface area contributed by atoms with Gasteiger partial charge >= 0.3 is 17.8 Å². The minimum Gasteiger partial charge on any atom is -0.478 e. The number of rotatable bonds is 4. The van der Waals surface area contributed by atoms with Crippen LogP contribution in [0.2, 0.25) is 0 Å². The van der Waals surface area contributed by atoms with Crippen LogP contribution in [-0.2, 0) is 20.7 Å². The minimum atomic E-state index is -1.77. The molecule has 1 unspecified atom stereocenters. The molecule has 0 saturated heterocycles. The number of amides is 3. The zero-order valence-corrected chi connectivity index (χ0v) is 17.4. The van der Waals surface area contributed by atoms with Gasteiger partial charge in [-0.3, -0.25) is 19.3 Å². The lowest BCUT2D eigenvalue weighted by Gasteiger charge is -2.26. The zero-order valence-electron chi connectivity index (χ0n) is 16.6. The third-order valence-corrected chi connectivity index (χ3v) is 6.69. The Balaban J connectivity index is 1.46. The van der Waals surface area contributed by atoms with Crippen molar-refractivity contribution in [3.05, 3.63) is 39.3 Å². The van der Waals surface area contributed by atoms with Crippen molar-refractivity contribution in [2.24, 2.45) is 0 Å². The number of carboxylic acids is 2. The average Bonchev–Trinajstić information content (AvgIpc) is 3.44. The van der Waals surface area contributed by atoms with E-state index in [2.05, 4.69) is 5.32 Å². The summed E-state index contributed by atoms with van der Waals surface area (Å²) in [5.74, 6) is -4.89. The molecule has 170 valence electrons. The average molecular weight is 474 g/mol. The Morgan fingerprint density at radius 2 is 1.73 bits per heavy atom. The topological polar surface area (TPSA) is 169 Å². The second kappa shape index (κ2) is 7.56. The maximum absolute atomic E-state index is 12.9. The summed E-state index contributed by atoms with van der Waals surface area (Å²) in [5.41, 5.74) is 0.451. The summed E-state index contributed by atoms with van der Waals surface area (Å²) in [7, 11) is 0. The lowest BCUT2D eigenvalue weighted by Crippen LogP contribution is -2.36. The van der Waals surface area contributed by atoms with E-state index in [1.54, 1.807) is 0 Å². The fourth-order valence-corrected chi connectivity index (χ4v) is 5.26. The van der Waals surface area contributed by atoms with E-state index < -0.39 is 35.8 Å². The lowest BCUT2D eigenvalue weighted by atomic mass is 10.0. The SMILES string of the molecule is O=C(O)C(=O)Nc1sc2c(c1C(=O)O)CCOC2CN1C(=O)c2cc3c(cc2C1=O)OCO3. The number of aliphatic carboxylic acids is 1. The van der Waals surface area contributed by atoms with Gasteiger partial charge in [0, 0.05) is 4.88 Å². The van der Waals surface area contributed by atoms with E-state index in [1.807, 2.05) is 0 Å². The molecule has 2 aromatic rings. The van der Waals surface area contributed by atoms with Gasteiger partial charge in [-0.15, -0.1) is 11.3 Å². The summed E-state index contributed by atoms with van der Waals surface area (Å²) in [4.78, 5) is 61.6. The number of anilines is 1. The molecule has 3 N–H and O–H groups in total. The number of carbonyl (C=O) groups excluding carboxylic acids is 3. The second-order valence-electron chi connectivity index (χ2n) is 7.29. The Labute approximate surface area is 188 Å². The number of hydrogen-bond donors (Lipinski definition) is 3. The van der Waals surface area contributed by atoms with E-state index in [0.29, 0.717) is 21.9 Å². The van der Waals surface area contributed by atoms with Gasteiger partial charge < -0.3 is 29.7 Å². The molecule has 0 saturated carbocycles. The van der Waals surface area contributed by atoms with Crippen molar-refractivity contribution in [2.45, 2.75) is 12.5 Å². The molecule has 3 aliphatic heterocycles. The van der Waals surface area contributed by atoms with Crippen molar-refractivity contribution in [3.63, 3.8) is 0 Å². The first-order chi connectivity index (χ1) is 15.8. The predicted molar refractivity (Wildman–Crippen MR) is 108 cm³/mol. The van der Waals surface area contributed by atoms with Crippen molar-refractivity contribution in [1.82, 2.24) is 4.90 Å². The van der Waals surface area contributed by atoms with Gasteiger partial charge in [-0.05, 0) is 24.1 Å². The van der Waals surface area contributed by atoms with Crippen molar-refractivity contribution in [2.75, 3.05) is 25.3 Å². The fraction of sp³-hybridized carbons (Fsp3) is 0.250. The number of thiophene rings is 1. The number of hydrogen-bond acceptors (Lipinski definition) is 9. The molecule has 1 atom stereocenters. The molecule has 33 heavy (non-hydrogen) atoms. The summed E-state index contributed by atoms with van der Waals surface area (Å²) in [5, 5.41) is 20.4. The number of benzene rings is 1. The molecule has 0 spiro atoms. The standard InChI is InChI=1S/C20H14N2O10S/c23-15(20(28)29)21-16-13(19(26)27)7-1-2-30-12(14(7)33-16)5-22-17(24)8-3-10-11(32-6-31-10)4-9(8)18(22)25/h3-4,12H,1-2,5-6H2,(H,21,23)(H,26,27)(H,28,29). The Morgan fingerprint density at radius 1 is 1.09 bits per heavy atom. The number of imide groups is 1. The summed E-state index contributed by atoms with van der Waals surface area (Å²) < 4.78 is 16.3. The molecular weight excluding hydrogens is 460 g/mol. The number of nitrogens with zero attached hydrogens (tertiary/aromatic N) is 1. The first-order valence-corrected chi connectivity index (χ1v) is 10.4. The van der Waals surface area contributed by atoms with E-state index in [1.165, 1.54) is 12.1 Å². The highest BCUT2D eigenvalue weighted by molar-refractivity contribution is 7.17. The molecule has 1 aromatic carbocycles. The summed E-state index contributed by atoms with van der Waals surface area (Å²) in [6.45, 7) is -0.0915. The van der Waals surface area contributed by atoms with Crippen LogP contribution in [0, 0.1) is 0 Å². The van der Waals surface area contributed by atoms with Crippen LogP contribution in [0.1, 0.15) is 47.6 Å². The number of aromatic carboxylic acids is 1. The van der Waals surface area contributed by atoms with Crippen LogP contribution in [-0.4, -0.2) is 64.7 Å². The van der Waals surface area contributed by atoms with Gasteiger partial charge in [0.25, 0.3) is 11.8 Å². The van der Waals surface area contributed by atoms with Gasteiger partial charge in [0.15, 0.2) is 11.5 Å². The van der Waals surface area contributed by atoms with E-state index in [-0.39, 0.29) is 48.1 Å². The largest absolute Gasteiger partial charge is 0.478 e. The molecule has 0 radical (unpaired) electrons. The van der Waals surface area contributed by atoms with Gasteiger partial charge in [0.05, 0.1) is 29.8 Å². The van der Waals surface area contributed by atoms with Crippen LogP contribution in [0.15, 0.2) is 12.1 Å². The van der Waals surface area contributed by atoms with Crippen LogP contribution in [0.25, 0.3) is 0 Å². The molecule has 13 heteroatoms. The number of carbonyl (C=O) groups is 5. The van der Waals surface area contributed by atoms with Crippen LogP contribution in [0.5, 0.6) is 11.5 Å². The van der Waals surface area contributed by atoms with E-state index in [9.17, 15) is 29.1 Å². The molecule has 0 bridgehead atoms. The molecular formula is C20H14N2O10S. The van der Waals surface area contributed by atoms with Gasteiger partial charge in [-0.25, -0.2) is 9.59 Å². The van der Waals surface area contributed by atoms with Crippen molar-refractivity contribution in [3.8, 4) is 11.5 Å². The molecule has 3 aliphatic rings. The highest BCUT2D eigenvalue weighted by atomic mass is 32.1. The monoisotopic (exact) mass is 474 g/mol. The van der Waals surface area contributed by atoms with Gasteiger partial charge in [-0.1, -0.05) is 0 Å². The summed E-state index contributed by atoms with van der Waals surface area (Å²) in [6, 6.07) is 2.89. The predicted octanol–water partition coefficient (Wildman–Crippen LogP) is 1.11. The smallest absolute Gasteiger partial charge is 0.394 e. The first-order valence-electron chi connectivity index (χ1n) is 9.60. The molecule has 5 rings (SSSR count). The normalized spacial score (nSPS) is 18.2. The van der Waals surface area contributed by atoms with Crippen molar-refractivity contribution in [1.29, 1.82) is 0 Å². The molecule has 3 amide bonds. The number of carboxylic acid groups (broad SMARTS) is 2. The van der Waals surface area contributed by atoms with Crippen molar-refractivity contribution < 1.29 is 48.4 Å². The van der Waals surface area contributed by atoms with Crippen LogP contribution >= 0.6 is 11.3 Å². The van der Waals surface area contributed by atoms with Crippen LogP contribution in [0.3, 0.4) is 0 Å². The first kappa shape index (κ1) is 20.9. The molecule has 1 aromatic heterocycles. The Hall–Kier alpha value is -3.97. The van der Waals surface area contributed by atoms with Gasteiger partial charge in [0.1, 0.15) is 11.1 Å². The fourth-order valence-electron chi connectivity index (χ4n) is 3.99. The Kier molecular flexibility index (Phi) is 4.79. The maximum Gasteiger partial charge on any atom is 0.394 e. The highest BCUT2D eigenvalue weighted by Crippen LogP contribution is 2.43. The van der Waals surface area contributed by atoms with E-state index in [0.717, 1.165) is 16.2 Å². The third kappa shape index (κ3) is 3.29. The number of fused-ring (bicyclic) bond motifs is 3. The molecule has 0 aliphatic carbocycles. The van der Waals surface area contributed by atoms with E-state index in [4.69, 9.17) is 19.3 Å². The van der Waals surface area contributed by atoms with E-state index >= 15 is 0 Å². The Bertz CT molecular complexity index is 1220. The highest BCUT2D eigenvalue weighted by Gasteiger charge is 2.41. The number of ether oxygens (including phenoxy) is 3. The lowest BCUT2D eigenvalue weighted by molar-refractivity contribution is -0.147. The summed E-state index contributed by atoms with van der Waals surface area (Å²) >= 11 is 0.841. The molecule has 4 heterocycles. The molecule has 0 fully saturated rings. The Morgan fingerprint density at radius 3 is 2.30 bits per heavy atom. The quantitative estimate of drug-likeness (QED) is 0.431. The zero-order chi connectivity index (χ0) is 23.4. The molecule has 12 nitrogen and oxygen atoms in total. The van der Waals surface area contributed by atoms with Crippen molar-refractivity contribution >= 4 is 46.0 Å². The van der Waals surface area contributed by atoms with Crippen LogP contribution in [0.4, 0.5) is 5.00 Å². The second-order valence-corrected chi connectivity index (χ2v) is 8.35.